The fourth-order valence-corrected chi connectivity index (χ4v) is 3.77. The van der Waals surface area contributed by atoms with Gasteiger partial charge in [-0.25, -0.2) is 4.79 Å². The highest BCUT2D eigenvalue weighted by Gasteiger charge is 2.22. The van der Waals surface area contributed by atoms with E-state index in [9.17, 15) is 9.90 Å². The average molecular weight is 324 g/mol. The fourth-order valence-electron chi connectivity index (χ4n) is 3.77. The van der Waals surface area contributed by atoms with E-state index in [2.05, 4.69) is 36.3 Å². The van der Waals surface area contributed by atoms with Gasteiger partial charge in [-0.3, -0.25) is 4.98 Å². The van der Waals surface area contributed by atoms with Gasteiger partial charge in [-0.05, 0) is 60.9 Å². The molecule has 1 aromatic carbocycles. The van der Waals surface area contributed by atoms with Gasteiger partial charge < -0.3 is 10.4 Å². The van der Waals surface area contributed by atoms with Crippen molar-refractivity contribution in [2.24, 2.45) is 0 Å². The van der Waals surface area contributed by atoms with Crippen molar-refractivity contribution in [3.05, 3.63) is 58.4 Å². The minimum absolute atomic E-state index is 0.276. The molecule has 1 atom stereocenters. The molecule has 3 rings (SSSR count). The highest BCUT2D eigenvalue weighted by Crippen LogP contribution is 2.35. The predicted molar refractivity (Wildman–Crippen MR) is 95.9 cm³/mol. The zero-order valence-electron chi connectivity index (χ0n) is 14.3. The number of pyridine rings is 1. The molecular formula is C20H24N2O2. The molecule has 1 aliphatic carbocycles. The third kappa shape index (κ3) is 3.14. The maximum atomic E-state index is 11.3. The van der Waals surface area contributed by atoms with Gasteiger partial charge in [-0.15, -0.1) is 0 Å². The van der Waals surface area contributed by atoms with Gasteiger partial charge in [0.1, 0.15) is 0 Å². The number of anilines is 1. The lowest BCUT2D eigenvalue weighted by molar-refractivity contribution is 0.0698. The molecule has 0 saturated carbocycles. The third-order valence-corrected chi connectivity index (χ3v) is 5.14. The molecular weight excluding hydrogens is 300 g/mol. The Balaban J connectivity index is 1.82. The first-order valence-corrected chi connectivity index (χ1v) is 8.64. The summed E-state index contributed by atoms with van der Waals surface area (Å²) >= 11 is 0. The molecule has 1 aliphatic rings. The SMILES string of the molecule is CCc1ccc2c(c1C)CCCC2CNc1cnccc1C(=O)O. The van der Waals surface area contributed by atoms with Crippen LogP contribution in [0, 0.1) is 6.92 Å². The lowest BCUT2D eigenvalue weighted by Crippen LogP contribution is -2.20. The second-order valence-corrected chi connectivity index (χ2v) is 6.47. The van der Waals surface area contributed by atoms with E-state index in [4.69, 9.17) is 0 Å². The van der Waals surface area contributed by atoms with Crippen LogP contribution < -0.4 is 5.32 Å². The van der Waals surface area contributed by atoms with Gasteiger partial charge in [0.05, 0.1) is 17.4 Å². The second kappa shape index (κ2) is 7.04. The molecule has 4 nitrogen and oxygen atoms in total. The number of hydrogen-bond acceptors (Lipinski definition) is 3. The molecule has 0 bridgehead atoms. The molecule has 0 fully saturated rings. The fraction of sp³-hybridized carbons (Fsp3) is 0.400. The Kier molecular flexibility index (Phi) is 4.84. The van der Waals surface area contributed by atoms with Gasteiger partial charge >= 0.3 is 5.97 Å². The maximum Gasteiger partial charge on any atom is 0.337 e. The van der Waals surface area contributed by atoms with Crippen molar-refractivity contribution in [1.82, 2.24) is 4.98 Å². The van der Waals surface area contributed by atoms with Crippen LogP contribution in [0.2, 0.25) is 0 Å². The van der Waals surface area contributed by atoms with Crippen LogP contribution in [0.3, 0.4) is 0 Å². The number of nitrogens with zero attached hydrogens (tertiary/aromatic N) is 1. The van der Waals surface area contributed by atoms with Gasteiger partial charge in [0, 0.05) is 18.7 Å². The van der Waals surface area contributed by atoms with Gasteiger partial charge in [0.15, 0.2) is 0 Å². The maximum absolute atomic E-state index is 11.3. The molecule has 1 aromatic heterocycles. The largest absolute Gasteiger partial charge is 0.478 e. The van der Waals surface area contributed by atoms with Crippen LogP contribution in [-0.4, -0.2) is 22.6 Å². The summed E-state index contributed by atoms with van der Waals surface area (Å²) in [5.41, 5.74) is 6.66. The van der Waals surface area contributed by atoms with Crippen LogP contribution in [0.4, 0.5) is 5.69 Å². The quantitative estimate of drug-likeness (QED) is 0.866. The number of carboxylic acid groups (broad SMARTS) is 1. The summed E-state index contributed by atoms with van der Waals surface area (Å²) in [5.74, 6) is -0.507. The van der Waals surface area contributed by atoms with E-state index >= 15 is 0 Å². The Labute approximate surface area is 142 Å². The summed E-state index contributed by atoms with van der Waals surface area (Å²) < 4.78 is 0. The van der Waals surface area contributed by atoms with E-state index in [1.165, 1.54) is 40.9 Å². The summed E-state index contributed by atoms with van der Waals surface area (Å²) in [6.07, 6.45) is 7.65. The Morgan fingerprint density at radius 2 is 2.21 bits per heavy atom. The van der Waals surface area contributed by atoms with Gasteiger partial charge in [-0.1, -0.05) is 19.1 Å². The number of aryl methyl sites for hydroxylation is 1. The first-order chi connectivity index (χ1) is 11.6. The predicted octanol–water partition coefficient (Wildman–Crippen LogP) is 4.18. The zero-order chi connectivity index (χ0) is 17.1. The van der Waals surface area contributed by atoms with Gasteiger partial charge in [-0.2, -0.15) is 0 Å². The summed E-state index contributed by atoms with van der Waals surface area (Å²) in [5, 5.41) is 12.6. The number of rotatable bonds is 5. The van der Waals surface area contributed by atoms with Gasteiger partial charge in [0.2, 0.25) is 0 Å². The van der Waals surface area contributed by atoms with Crippen molar-refractivity contribution in [1.29, 1.82) is 0 Å². The molecule has 2 aromatic rings. The van der Waals surface area contributed by atoms with Crippen molar-refractivity contribution in [3.8, 4) is 0 Å². The molecule has 2 N–H and O–H groups in total. The van der Waals surface area contributed by atoms with E-state index in [1.807, 2.05) is 0 Å². The lowest BCUT2D eigenvalue weighted by Gasteiger charge is -2.28. The highest BCUT2D eigenvalue weighted by molar-refractivity contribution is 5.93. The van der Waals surface area contributed by atoms with Crippen LogP contribution in [0.5, 0.6) is 0 Å². The second-order valence-electron chi connectivity index (χ2n) is 6.47. The van der Waals surface area contributed by atoms with Crippen molar-refractivity contribution >= 4 is 11.7 Å². The number of aromatic nitrogens is 1. The average Bonchev–Trinajstić information content (AvgIpc) is 2.60. The first-order valence-electron chi connectivity index (χ1n) is 8.64. The van der Waals surface area contributed by atoms with Crippen LogP contribution in [0.1, 0.15) is 58.3 Å². The van der Waals surface area contributed by atoms with E-state index in [-0.39, 0.29) is 5.56 Å². The van der Waals surface area contributed by atoms with Gasteiger partial charge in [0.25, 0.3) is 0 Å². The Bertz CT molecular complexity index is 755. The molecule has 24 heavy (non-hydrogen) atoms. The molecule has 126 valence electrons. The number of hydrogen-bond donors (Lipinski definition) is 2. The minimum Gasteiger partial charge on any atom is -0.478 e. The topological polar surface area (TPSA) is 62.2 Å². The van der Waals surface area contributed by atoms with Crippen LogP contribution >= 0.6 is 0 Å². The number of benzene rings is 1. The molecule has 0 spiro atoms. The van der Waals surface area contributed by atoms with Crippen LogP contribution in [0.25, 0.3) is 0 Å². The summed E-state index contributed by atoms with van der Waals surface area (Å²) in [6, 6.07) is 6.06. The minimum atomic E-state index is -0.924. The Morgan fingerprint density at radius 3 is 2.96 bits per heavy atom. The van der Waals surface area contributed by atoms with Crippen molar-refractivity contribution in [3.63, 3.8) is 0 Å². The molecule has 0 saturated heterocycles. The normalized spacial score (nSPS) is 16.5. The third-order valence-electron chi connectivity index (χ3n) is 5.14. The number of fused-ring (bicyclic) bond motifs is 1. The molecule has 0 aliphatic heterocycles. The number of carboxylic acids is 1. The number of nitrogens with one attached hydrogen (secondary N) is 1. The van der Waals surface area contributed by atoms with Crippen molar-refractivity contribution in [2.75, 3.05) is 11.9 Å². The summed E-state index contributed by atoms with van der Waals surface area (Å²) in [6.45, 7) is 5.17. The summed E-state index contributed by atoms with van der Waals surface area (Å²) in [4.78, 5) is 15.4. The summed E-state index contributed by atoms with van der Waals surface area (Å²) in [7, 11) is 0. The van der Waals surface area contributed by atoms with E-state index < -0.39 is 5.97 Å². The van der Waals surface area contributed by atoms with E-state index in [0.29, 0.717) is 11.6 Å². The Hall–Kier alpha value is -2.36. The zero-order valence-corrected chi connectivity index (χ0v) is 14.3. The van der Waals surface area contributed by atoms with Crippen molar-refractivity contribution < 1.29 is 9.90 Å². The monoisotopic (exact) mass is 324 g/mol. The number of carbonyl (C=O) groups is 1. The smallest absolute Gasteiger partial charge is 0.337 e. The lowest BCUT2D eigenvalue weighted by atomic mass is 9.79. The first kappa shape index (κ1) is 16.5. The highest BCUT2D eigenvalue weighted by atomic mass is 16.4. The molecule has 1 heterocycles. The van der Waals surface area contributed by atoms with Crippen molar-refractivity contribution in [2.45, 2.75) is 45.4 Å². The number of aromatic carboxylic acids is 1. The molecule has 1 unspecified atom stereocenters. The van der Waals surface area contributed by atoms with Crippen LogP contribution in [-0.2, 0) is 12.8 Å². The standard InChI is InChI=1S/C20H24N2O2/c1-3-14-7-8-17-15(5-4-6-16(17)13(14)2)11-22-19-12-21-10-9-18(19)20(23)24/h7-10,12,15,22H,3-6,11H2,1-2H3,(H,23,24). The molecule has 0 radical (unpaired) electrons. The Morgan fingerprint density at radius 1 is 1.38 bits per heavy atom. The molecule has 4 heteroatoms. The van der Waals surface area contributed by atoms with E-state index in [1.54, 1.807) is 6.20 Å². The van der Waals surface area contributed by atoms with E-state index in [0.717, 1.165) is 25.8 Å². The molecule has 0 amide bonds. The van der Waals surface area contributed by atoms with Crippen LogP contribution in [0.15, 0.2) is 30.6 Å².